The van der Waals surface area contributed by atoms with E-state index < -0.39 is 5.97 Å². The Bertz CT molecular complexity index is 433. The topological polar surface area (TPSA) is 46.5 Å². The predicted octanol–water partition coefficient (Wildman–Crippen LogP) is 3.31. The summed E-state index contributed by atoms with van der Waals surface area (Å²) in [5.41, 5.74) is 2.48. The number of methoxy groups -OCH3 is 1. The fourth-order valence-electron chi connectivity index (χ4n) is 1.64. The van der Waals surface area contributed by atoms with Crippen LogP contribution in [-0.2, 0) is 4.79 Å². The van der Waals surface area contributed by atoms with E-state index in [-0.39, 0.29) is 6.42 Å². The SMILES string of the molecule is C=C(CC(=O)O)c1ccc(C(C)C)cc1OC. The highest BCUT2D eigenvalue weighted by Crippen LogP contribution is 2.30. The first-order valence-corrected chi connectivity index (χ1v) is 5.53. The summed E-state index contributed by atoms with van der Waals surface area (Å²) >= 11 is 0. The summed E-state index contributed by atoms with van der Waals surface area (Å²) in [6, 6.07) is 5.79. The second-order valence-electron chi connectivity index (χ2n) is 4.29. The molecule has 0 heterocycles. The molecule has 0 atom stereocenters. The minimum atomic E-state index is -0.884. The van der Waals surface area contributed by atoms with Crippen LogP contribution in [0.2, 0.25) is 0 Å². The van der Waals surface area contributed by atoms with E-state index in [4.69, 9.17) is 9.84 Å². The molecule has 0 unspecified atom stereocenters. The van der Waals surface area contributed by atoms with Crippen molar-refractivity contribution in [2.75, 3.05) is 7.11 Å². The molecule has 0 fully saturated rings. The highest BCUT2D eigenvalue weighted by molar-refractivity contribution is 5.84. The summed E-state index contributed by atoms with van der Waals surface area (Å²) in [5.74, 6) is 0.207. The maximum Gasteiger partial charge on any atom is 0.307 e. The number of hydrogen-bond acceptors (Lipinski definition) is 2. The van der Waals surface area contributed by atoms with Gasteiger partial charge in [0.25, 0.3) is 0 Å². The lowest BCUT2D eigenvalue weighted by Gasteiger charge is -2.13. The van der Waals surface area contributed by atoms with Gasteiger partial charge in [0.15, 0.2) is 0 Å². The van der Waals surface area contributed by atoms with Gasteiger partial charge in [-0.2, -0.15) is 0 Å². The molecule has 0 aliphatic rings. The van der Waals surface area contributed by atoms with Crippen LogP contribution >= 0.6 is 0 Å². The molecule has 1 rings (SSSR count). The van der Waals surface area contributed by atoms with Crippen LogP contribution in [0.5, 0.6) is 5.75 Å². The molecule has 0 spiro atoms. The maximum atomic E-state index is 10.7. The first-order valence-electron chi connectivity index (χ1n) is 5.53. The predicted molar refractivity (Wildman–Crippen MR) is 68.4 cm³/mol. The second-order valence-corrected chi connectivity index (χ2v) is 4.29. The van der Waals surface area contributed by atoms with Crippen LogP contribution in [0, 0.1) is 0 Å². The van der Waals surface area contributed by atoms with E-state index in [2.05, 4.69) is 20.4 Å². The van der Waals surface area contributed by atoms with Gasteiger partial charge in [0, 0.05) is 5.56 Å². The van der Waals surface area contributed by atoms with Crippen molar-refractivity contribution in [1.82, 2.24) is 0 Å². The minimum Gasteiger partial charge on any atom is -0.496 e. The number of carboxylic acid groups (broad SMARTS) is 1. The molecular formula is C14H18O3. The van der Waals surface area contributed by atoms with Gasteiger partial charge in [-0.1, -0.05) is 32.6 Å². The van der Waals surface area contributed by atoms with E-state index >= 15 is 0 Å². The van der Waals surface area contributed by atoms with E-state index in [1.807, 2.05) is 18.2 Å². The largest absolute Gasteiger partial charge is 0.496 e. The molecular weight excluding hydrogens is 216 g/mol. The normalized spacial score (nSPS) is 10.4. The molecule has 0 amide bonds. The number of hydrogen-bond donors (Lipinski definition) is 1. The molecule has 0 aromatic heterocycles. The zero-order valence-electron chi connectivity index (χ0n) is 10.5. The Balaban J connectivity index is 3.08. The van der Waals surface area contributed by atoms with E-state index in [1.54, 1.807) is 7.11 Å². The molecule has 0 aliphatic carbocycles. The van der Waals surface area contributed by atoms with Gasteiger partial charge in [-0.3, -0.25) is 4.79 Å². The zero-order chi connectivity index (χ0) is 13.0. The third-order valence-corrected chi connectivity index (χ3v) is 2.64. The summed E-state index contributed by atoms with van der Waals surface area (Å²) < 4.78 is 5.29. The van der Waals surface area contributed by atoms with Crippen LogP contribution in [0.3, 0.4) is 0 Å². The van der Waals surface area contributed by atoms with Crippen molar-refractivity contribution < 1.29 is 14.6 Å². The molecule has 92 valence electrons. The highest BCUT2D eigenvalue weighted by Gasteiger charge is 2.11. The number of aliphatic carboxylic acids is 1. The average molecular weight is 234 g/mol. The van der Waals surface area contributed by atoms with Crippen molar-refractivity contribution >= 4 is 11.5 Å². The summed E-state index contributed by atoms with van der Waals surface area (Å²) in [6.07, 6.45) is -0.0720. The molecule has 0 saturated heterocycles. The summed E-state index contributed by atoms with van der Waals surface area (Å²) in [4.78, 5) is 10.7. The third kappa shape index (κ3) is 3.34. The molecule has 1 N–H and O–H groups in total. The van der Waals surface area contributed by atoms with E-state index in [0.29, 0.717) is 17.2 Å². The van der Waals surface area contributed by atoms with Crippen molar-refractivity contribution in [2.45, 2.75) is 26.2 Å². The van der Waals surface area contributed by atoms with Gasteiger partial charge in [0.05, 0.1) is 13.5 Å². The summed E-state index contributed by atoms with van der Waals surface area (Å²) in [6.45, 7) is 7.98. The molecule has 1 aromatic carbocycles. The number of carbonyl (C=O) groups is 1. The van der Waals surface area contributed by atoms with E-state index in [1.165, 1.54) is 0 Å². The molecule has 17 heavy (non-hydrogen) atoms. The van der Waals surface area contributed by atoms with E-state index in [0.717, 1.165) is 11.1 Å². The standard InChI is InChI=1S/C14H18O3/c1-9(2)11-5-6-12(13(8-11)17-4)10(3)7-14(15)16/h5-6,8-9H,3,7H2,1-2,4H3,(H,15,16). The van der Waals surface area contributed by atoms with Gasteiger partial charge in [-0.15, -0.1) is 0 Å². The van der Waals surface area contributed by atoms with Gasteiger partial charge in [0.2, 0.25) is 0 Å². The van der Waals surface area contributed by atoms with Crippen LogP contribution in [0.25, 0.3) is 5.57 Å². The lowest BCUT2D eigenvalue weighted by Crippen LogP contribution is -1.99. The fourth-order valence-corrected chi connectivity index (χ4v) is 1.64. The Morgan fingerprint density at radius 3 is 2.59 bits per heavy atom. The summed E-state index contributed by atoms with van der Waals surface area (Å²) in [5, 5.41) is 8.75. The first kappa shape index (κ1) is 13.3. The highest BCUT2D eigenvalue weighted by atomic mass is 16.5. The van der Waals surface area contributed by atoms with Crippen LogP contribution in [0.4, 0.5) is 0 Å². The van der Waals surface area contributed by atoms with Crippen LogP contribution in [0.15, 0.2) is 24.8 Å². The van der Waals surface area contributed by atoms with Crippen LogP contribution in [0.1, 0.15) is 37.3 Å². The average Bonchev–Trinajstić information content (AvgIpc) is 2.27. The van der Waals surface area contributed by atoms with Gasteiger partial charge >= 0.3 is 5.97 Å². The van der Waals surface area contributed by atoms with Gasteiger partial charge in [-0.25, -0.2) is 0 Å². The lowest BCUT2D eigenvalue weighted by atomic mass is 9.97. The zero-order valence-corrected chi connectivity index (χ0v) is 10.5. The van der Waals surface area contributed by atoms with Crippen molar-refractivity contribution in [3.63, 3.8) is 0 Å². The Hall–Kier alpha value is -1.77. The number of rotatable bonds is 5. The third-order valence-electron chi connectivity index (χ3n) is 2.64. The second kappa shape index (κ2) is 5.53. The van der Waals surface area contributed by atoms with Crippen molar-refractivity contribution in [2.24, 2.45) is 0 Å². The molecule has 0 bridgehead atoms. The smallest absolute Gasteiger partial charge is 0.307 e. The number of benzene rings is 1. The van der Waals surface area contributed by atoms with Gasteiger partial charge in [-0.05, 0) is 23.1 Å². The van der Waals surface area contributed by atoms with Crippen molar-refractivity contribution in [1.29, 1.82) is 0 Å². The molecule has 0 saturated carbocycles. The molecule has 3 heteroatoms. The number of ether oxygens (including phenoxy) is 1. The molecule has 3 nitrogen and oxygen atoms in total. The Morgan fingerprint density at radius 1 is 1.47 bits per heavy atom. The van der Waals surface area contributed by atoms with Gasteiger partial charge in [0.1, 0.15) is 5.75 Å². The monoisotopic (exact) mass is 234 g/mol. The Kier molecular flexibility index (Phi) is 4.32. The lowest BCUT2D eigenvalue weighted by molar-refractivity contribution is -0.135. The van der Waals surface area contributed by atoms with Crippen molar-refractivity contribution in [3.8, 4) is 5.75 Å². The van der Waals surface area contributed by atoms with E-state index in [9.17, 15) is 4.79 Å². The number of carboxylic acids is 1. The Morgan fingerprint density at radius 2 is 2.12 bits per heavy atom. The van der Waals surface area contributed by atoms with Crippen molar-refractivity contribution in [3.05, 3.63) is 35.9 Å². The molecule has 0 radical (unpaired) electrons. The summed E-state index contributed by atoms with van der Waals surface area (Å²) in [7, 11) is 1.58. The minimum absolute atomic E-state index is 0.0720. The fraction of sp³-hybridized carbons (Fsp3) is 0.357. The molecule has 1 aromatic rings. The maximum absolute atomic E-state index is 10.7. The first-order chi connectivity index (χ1) is 7.95. The Labute approximate surface area is 102 Å². The molecule has 0 aliphatic heterocycles. The van der Waals surface area contributed by atoms with Gasteiger partial charge < -0.3 is 9.84 Å². The van der Waals surface area contributed by atoms with Crippen LogP contribution < -0.4 is 4.74 Å². The van der Waals surface area contributed by atoms with Crippen LogP contribution in [-0.4, -0.2) is 18.2 Å². The quantitative estimate of drug-likeness (QED) is 0.850.